The summed E-state index contributed by atoms with van der Waals surface area (Å²) >= 11 is 0. The minimum atomic E-state index is -0.891. The van der Waals surface area contributed by atoms with Gasteiger partial charge < -0.3 is 19.9 Å². The van der Waals surface area contributed by atoms with Gasteiger partial charge in [-0.3, -0.25) is 9.59 Å². The van der Waals surface area contributed by atoms with Crippen molar-refractivity contribution in [2.45, 2.75) is 12.5 Å². The van der Waals surface area contributed by atoms with Gasteiger partial charge in [0.15, 0.2) is 0 Å². The third kappa shape index (κ3) is 2.70. The van der Waals surface area contributed by atoms with Gasteiger partial charge in [-0.05, 0) is 6.42 Å². The van der Waals surface area contributed by atoms with E-state index in [0.717, 1.165) is 0 Å². The summed E-state index contributed by atoms with van der Waals surface area (Å²) in [5.41, 5.74) is 0. The molecule has 0 radical (unpaired) electrons. The molecule has 1 saturated heterocycles. The molecular weight excluding hydrogens is 214 g/mol. The Morgan fingerprint density at radius 3 is 2.69 bits per heavy atom. The van der Waals surface area contributed by atoms with E-state index >= 15 is 0 Å². The Morgan fingerprint density at radius 2 is 2.12 bits per heavy atom. The highest BCUT2D eigenvalue weighted by molar-refractivity contribution is 5.89. The summed E-state index contributed by atoms with van der Waals surface area (Å²) in [6.45, 7) is 2.00. The molecule has 2 N–H and O–H groups in total. The lowest BCUT2D eigenvalue weighted by molar-refractivity contribution is -0.140. The number of ether oxygens (including phenoxy) is 2. The Kier molecular flexibility index (Phi) is 3.40. The first kappa shape index (κ1) is 11.3. The first-order valence-electron chi connectivity index (χ1n) is 5.38. The van der Waals surface area contributed by atoms with Crippen LogP contribution >= 0.6 is 0 Å². The molecule has 0 aromatic carbocycles. The van der Waals surface area contributed by atoms with Crippen molar-refractivity contribution in [3.05, 3.63) is 0 Å². The quantitative estimate of drug-likeness (QED) is 0.661. The first-order chi connectivity index (χ1) is 7.68. The summed E-state index contributed by atoms with van der Waals surface area (Å²) < 4.78 is 10.5. The second kappa shape index (κ2) is 4.80. The van der Waals surface area contributed by atoms with Crippen LogP contribution < -0.4 is 5.32 Å². The highest BCUT2D eigenvalue weighted by Gasteiger charge is 2.48. The molecule has 0 spiro atoms. The van der Waals surface area contributed by atoms with E-state index in [9.17, 15) is 9.59 Å². The van der Waals surface area contributed by atoms with Crippen LogP contribution in [0.5, 0.6) is 0 Å². The molecule has 6 heteroatoms. The van der Waals surface area contributed by atoms with Crippen LogP contribution in [0.25, 0.3) is 0 Å². The average Bonchev–Trinajstić information content (AvgIpc) is 3.07. The second-order valence-corrected chi connectivity index (χ2v) is 4.10. The van der Waals surface area contributed by atoms with Gasteiger partial charge in [-0.15, -0.1) is 0 Å². The molecule has 3 atom stereocenters. The van der Waals surface area contributed by atoms with E-state index in [4.69, 9.17) is 14.6 Å². The van der Waals surface area contributed by atoms with Crippen molar-refractivity contribution in [1.82, 2.24) is 5.32 Å². The number of carbonyl (C=O) groups excluding carboxylic acids is 1. The third-order valence-electron chi connectivity index (χ3n) is 2.83. The summed E-state index contributed by atoms with van der Waals surface area (Å²) in [6, 6.07) is 0. The van der Waals surface area contributed by atoms with Crippen LogP contribution in [0.2, 0.25) is 0 Å². The Morgan fingerprint density at radius 1 is 1.31 bits per heavy atom. The number of hydrogen-bond donors (Lipinski definition) is 2. The van der Waals surface area contributed by atoms with Crippen LogP contribution in [0.15, 0.2) is 0 Å². The van der Waals surface area contributed by atoms with Gasteiger partial charge in [0, 0.05) is 6.54 Å². The van der Waals surface area contributed by atoms with Crippen molar-refractivity contribution in [3.63, 3.8) is 0 Å². The molecule has 1 saturated carbocycles. The van der Waals surface area contributed by atoms with Gasteiger partial charge in [0.25, 0.3) is 0 Å². The number of carboxylic acids is 1. The van der Waals surface area contributed by atoms with Gasteiger partial charge in [-0.25, -0.2) is 0 Å². The number of carbonyl (C=O) groups is 2. The van der Waals surface area contributed by atoms with Crippen LogP contribution in [-0.4, -0.2) is 49.5 Å². The number of rotatable bonds is 4. The monoisotopic (exact) mass is 229 g/mol. The Bertz CT molecular complexity index is 287. The number of carboxylic acid groups (broad SMARTS) is 1. The number of aliphatic carboxylic acids is 1. The third-order valence-corrected chi connectivity index (χ3v) is 2.83. The van der Waals surface area contributed by atoms with Crippen molar-refractivity contribution in [2.75, 3.05) is 26.4 Å². The van der Waals surface area contributed by atoms with Gasteiger partial charge in [0.05, 0.1) is 37.8 Å². The molecule has 1 aliphatic carbocycles. The normalized spacial score (nSPS) is 33.1. The molecule has 0 aromatic rings. The lowest BCUT2D eigenvalue weighted by atomic mass is 10.3. The van der Waals surface area contributed by atoms with E-state index in [1.165, 1.54) is 0 Å². The average molecular weight is 229 g/mol. The van der Waals surface area contributed by atoms with Crippen LogP contribution in [0.3, 0.4) is 0 Å². The molecule has 6 nitrogen and oxygen atoms in total. The lowest BCUT2D eigenvalue weighted by Crippen LogP contribution is -2.40. The van der Waals surface area contributed by atoms with Gasteiger partial charge in [-0.1, -0.05) is 0 Å². The molecule has 2 aliphatic rings. The maximum Gasteiger partial charge on any atom is 0.307 e. The van der Waals surface area contributed by atoms with E-state index in [1.807, 2.05) is 0 Å². The van der Waals surface area contributed by atoms with Crippen molar-refractivity contribution >= 4 is 11.9 Å². The predicted octanol–water partition coefficient (Wildman–Crippen LogP) is -0.761. The summed E-state index contributed by atoms with van der Waals surface area (Å²) in [5, 5.41) is 11.4. The molecule has 0 aromatic heterocycles. The van der Waals surface area contributed by atoms with Crippen molar-refractivity contribution in [2.24, 2.45) is 11.8 Å². The fraction of sp³-hybridized carbons (Fsp3) is 0.800. The molecule has 1 aliphatic heterocycles. The fourth-order valence-electron chi connectivity index (χ4n) is 1.76. The van der Waals surface area contributed by atoms with E-state index in [2.05, 4.69) is 5.32 Å². The SMILES string of the molecule is O=C(O)[C@H]1C[C@H]1C(=O)NCC1COCCO1. The number of nitrogens with one attached hydrogen (secondary N) is 1. The molecule has 1 unspecified atom stereocenters. The molecule has 2 rings (SSSR count). The minimum absolute atomic E-state index is 0.111. The molecule has 90 valence electrons. The van der Waals surface area contributed by atoms with Crippen LogP contribution in [-0.2, 0) is 19.1 Å². The highest BCUT2D eigenvalue weighted by Crippen LogP contribution is 2.38. The van der Waals surface area contributed by atoms with Gasteiger partial charge in [-0.2, -0.15) is 0 Å². The Labute approximate surface area is 92.9 Å². The molecule has 0 bridgehead atoms. The number of hydrogen-bond acceptors (Lipinski definition) is 4. The standard InChI is InChI=1S/C10H15NO5/c12-9(7-3-8(7)10(13)14)11-4-6-5-15-1-2-16-6/h6-8H,1-5H2,(H,11,12)(H,13,14)/t6?,7-,8+/m1/s1. The van der Waals surface area contributed by atoms with Crippen LogP contribution in [0, 0.1) is 11.8 Å². The Balaban J connectivity index is 1.66. The summed E-state index contributed by atoms with van der Waals surface area (Å²) in [5.74, 6) is -1.94. The van der Waals surface area contributed by atoms with Gasteiger partial charge in [0.1, 0.15) is 0 Å². The molecule has 1 heterocycles. The first-order valence-corrected chi connectivity index (χ1v) is 5.38. The van der Waals surface area contributed by atoms with E-state index < -0.39 is 11.9 Å². The molecule has 16 heavy (non-hydrogen) atoms. The van der Waals surface area contributed by atoms with E-state index in [1.54, 1.807) is 0 Å². The van der Waals surface area contributed by atoms with E-state index in [-0.39, 0.29) is 17.9 Å². The van der Waals surface area contributed by atoms with Crippen LogP contribution in [0.1, 0.15) is 6.42 Å². The van der Waals surface area contributed by atoms with E-state index in [0.29, 0.717) is 32.8 Å². The minimum Gasteiger partial charge on any atom is -0.481 e. The van der Waals surface area contributed by atoms with Crippen molar-refractivity contribution in [3.8, 4) is 0 Å². The van der Waals surface area contributed by atoms with Gasteiger partial charge in [0.2, 0.25) is 5.91 Å². The molecular formula is C10H15NO5. The second-order valence-electron chi connectivity index (χ2n) is 4.10. The van der Waals surface area contributed by atoms with Crippen LogP contribution in [0.4, 0.5) is 0 Å². The van der Waals surface area contributed by atoms with Crippen molar-refractivity contribution < 1.29 is 24.2 Å². The number of amides is 1. The fourth-order valence-corrected chi connectivity index (χ4v) is 1.76. The van der Waals surface area contributed by atoms with Gasteiger partial charge >= 0.3 is 5.97 Å². The smallest absolute Gasteiger partial charge is 0.307 e. The molecule has 1 amide bonds. The zero-order valence-corrected chi connectivity index (χ0v) is 8.85. The summed E-state index contributed by atoms with van der Waals surface area (Å²) in [7, 11) is 0. The maximum atomic E-state index is 11.5. The maximum absolute atomic E-state index is 11.5. The zero-order valence-electron chi connectivity index (χ0n) is 8.85. The lowest BCUT2D eigenvalue weighted by Gasteiger charge is -2.23. The summed E-state index contributed by atoms with van der Waals surface area (Å²) in [4.78, 5) is 22.0. The predicted molar refractivity (Wildman–Crippen MR) is 52.8 cm³/mol. The summed E-state index contributed by atoms with van der Waals surface area (Å²) in [6.07, 6.45) is 0.336. The molecule has 2 fully saturated rings. The Hall–Kier alpha value is -1.14. The topological polar surface area (TPSA) is 84.9 Å². The zero-order chi connectivity index (χ0) is 11.5. The van der Waals surface area contributed by atoms with Crippen molar-refractivity contribution in [1.29, 1.82) is 0 Å². The largest absolute Gasteiger partial charge is 0.481 e. The highest BCUT2D eigenvalue weighted by atomic mass is 16.6.